The third-order valence-electron chi connectivity index (χ3n) is 4.19. The zero-order chi connectivity index (χ0) is 18.7. The van der Waals surface area contributed by atoms with Crippen molar-refractivity contribution in [2.24, 2.45) is 0 Å². The lowest BCUT2D eigenvalue weighted by Gasteiger charge is -2.22. The Bertz CT molecular complexity index is 900. The average Bonchev–Trinajstić information content (AvgIpc) is 3.23. The van der Waals surface area contributed by atoms with Gasteiger partial charge in [-0.05, 0) is 36.8 Å². The minimum atomic E-state index is -1.33. The SMILES string of the molecule is CC1(c2cccc(C#N)c2)NC(=O)N(CC(=O)NCc2ccco2)C1=O. The summed E-state index contributed by atoms with van der Waals surface area (Å²) in [7, 11) is 0. The van der Waals surface area contributed by atoms with Crippen molar-refractivity contribution in [3.8, 4) is 6.07 Å². The Morgan fingerprint density at radius 1 is 1.35 bits per heavy atom. The summed E-state index contributed by atoms with van der Waals surface area (Å²) in [6.07, 6.45) is 1.49. The number of imide groups is 1. The van der Waals surface area contributed by atoms with Gasteiger partial charge in [0.05, 0.1) is 24.4 Å². The molecule has 1 saturated heterocycles. The third kappa shape index (κ3) is 3.15. The normalized spacial score (nSPS) is 19.2. The highest BCUT2D eigenvalue weighted by molar-refractivity contribution is 6.09. The van der Waals surface area contributed by atoms with Crippen molar-refractivity contribution in [2.45, 2.75) is 19.0 Å². The van der Waals surface area contributed by atoms with Gasteiger partial charge < -0.3 is 15.1 Å². The van der Waals surface area contributed by atoms with E-state index in [0.29, 0.717) is 16.9 Å². The van der Waals surface area contributed by atoms with Gasteiger partial charge in [-0.3, -0.25) is 14.5 Å². The molecule has 1 aromatic heterocycles. The van der Waals surface area contributed by atoms with E-state index in [-0.39, 0.29) is 6.54 Å². The van der Waals surface area contributed by atoms with Gasteiger partial charge in [0, 0.05) is 0 Å². The van der Waals surface area contributed by atoms with E-state index >= 15 is 0 Å². The topological polar surface area (TPSA) is 115 Å². The molecule has 1 atom stereocenters. The second-order valence-electron chi connectivity index (χ2n) is 6.00. The third-order valence-corrected chi connectivity index (χ3v) is 4.19. The van der Waals surface area contributed by atoms with Gasteiger partial charge in [-0.1, -0.05) is 12.1 Å². The van der Waals surface area contributed by atoms with Crippen LogP contribution in [0.15, 0.2) is 47.1 Å². The van der Waals surface area contributed by atoms with Crippen LogP contribution >= 0.6 is 0 Å². The smallest absolute Gasteiger partial charge is 0.325 e. The Morgan fingerprint density at radius 2 is 2.15 bits per heavy atom. The van der Waals surface area contributed by atoms with Crippen molar-refractivity contribution in [3.05, 3.63) is 59.5 Å². The molecule has 0 saturated carbocycles. The standard InChI is InChI=1S/C18H16N4O4/c1-18(13-5-2-4-12(8-13)9-19)16(24)22(17(25)21-18)11-15(23)20-10-14-6-3-7-26-14/h2-8H,10-11H2,1H3,(H,20,23)(H,21,25). The quantitative estimate of drug-likeness (QED) is 0.786. The molecule has 2 heterocycles. The Kier molecular flexibility index (Phi) is 4.45. The van der Waals surface area contributed by atoms with Crippen LogP contribution < -0.4 is 10.6 Å². The molecule has 132 valence electrons. The van der Waals surface area contributed by atoms with Gasteiger partial charge in [0.2, 0.25) is 5.91 Å². The van der Waals surface area contributed by atoms with Crippen molar-refractivity contribution in [1.82, 2.24) is 15.5 Å². The molecule has 2 N–H and O–H groups in total. The van der Waals surface area contributed by atoms with Crippen LogP contribution in [-0.2, 0) is 21.7 Å². The minimum Gasteiger partial charge on any atom is -0.467 e. The number of nitriles is 1. The highest BCUT2D eigenvalue weighted by atomic mass is 16.3. The van der Waals surface area contributed by atoms with Crippen LogP contribution in [-0.4, -0.2) is 29.3 Å². The molecule has 0 spiro atoms. The molecule has 3 rings (SSSR count). The van der Waals surface area contributed by atoms with E-state index in [1.807, 2.05) is 6.07 Å². The number of nitrogens with zero attached hydrogens (tertiary/aromatic N) is 2. The second kappa shape index (κ2) is 6.72. The molecule has 8 nitrogen and oxygen atoms in total. The number of carbonyl (C=O) groups excluding carboxylic acids is 3. The number of rotatable bonds is 5. The summed E-state index contributed by atoms with van der Waals surface area (Å²) < 4.78 is 5.11. The Balaban J connectivity index is 1.71. The van der Waals surface area contributed by atoms with Gasteiger partial charge in [0.1, 0.15) is 17.8 Å². The van der Waals surface area contributed by atoms with Crippen molar-refractivity contribution in [3.63, 3.8) is 0 Å². The molecule has 1 unspecified atom stereocenters. The lowest BCUT2D eigenvalue weighted by molar-refractivity contribution is -0.134. The molecule has 1 fully saturated rings. The number of furan rings is 1. The summed E-state index contributed by atoms with van der Waals surface area (Å²) in [5.74, 6) is -0.473. The van der Waals surface area contributed by atoms with Crippen molar-refractivity contribution >= 4 is 17.8 Å². The van der Waals surface area contributed by atoms with Crippen LogP contribution in [0, 0.1) is 11.3 Å². The summed E-state index contributed by atoms with van der Waals surface area (Å²) in [4.78, 5) is 37.9. The van der Waals surface area contributed by atoms with Gasteiger partial charge in [-0.2, -0.15) is 5.26 Å². The van der Waals surface area contributed by atoms with Gasteiger partial charge in [0.15, 0.2) is 0 Å². The van der Waals surface area contributed by atoms with E-state index in [0.717, 1.165) is 4.90 Å². The summed E-state index contributed by atoms with van der Waals surface area (Å²) >= 11 is 0. The van der Waals surface area contributed by atoms with Gasteiger partial charge >= 0.3 is 6.03 Å². The van der Waals surface area contributed by atoms with Crippen LogP contribution in [0.3, 0.4) is 0 Å². The van der Waals surface area contributed by atoms with Crippen LogP contribution in [0.25, 0.3) is 0 Å². The Morgan fingerprint density at radius 3 is 2.85 bits per heavy atom. The molecule has 2 aromatic rings. The molecule has 26 heavy (non-hydrogen) atoms. The fraction of sp³-hybridized carbons (Fsp3) is 0.222. The first-order valence-corrected chi connectivity index (χ1v) is 7.88. The first-order chi connectivity index (χ1) is 12.4. The molecule has 8 heteroatoms. The minimum absolute atomic E-state index is 0.164. The lowest BCUT2D eigenvalue weighted by atomic mass is 9.91. The highest BCUT2D eigenvalue weighted by Crippen LogP contribution is 2.29. The molecule has 0 radical (unpaired) electrons. The number of hydrogen-bond donors (Lipinski definition) is 2. The number of urea groups is 1. The highest BCUT2D eigenvalue weighted by Gasteiger charge is 2.49. The van der Waals surface area contributed by atoms with Gasteiger partial charge in [-0.25, -0.2) is 4.79 Å². The van der Waals surface area contributed by atoms with Crippen molar-refractivity contribution in [1.29, 1.82) is 5.26 Å². The summed E-state index contributed by atoms with van der Waals surface area (Å²) in [5, 5.41) is 14.2. The molecule has 4 amide bonds. The number of hydrogen-bond acceptors (Lipinski definition) is 5. The van der Waals surface area contributed by atoms with Crippen LogP contribution in [0.2, 0.25) is 0 Å². The van der Waals surface area contributed by atoms with E-state index < -0.39 is 29.9 Å². The van der Waals surface area contributed by atoms with E-state index in [1.165, 1.54) is 6.26 Å². The van der Waals surface area contributed by atoms with E-state index in [2.05, 4.69) is 10.6 Å². The van der Waals surface area contributed by atoms with Gasteiger partial charge in [-0.15, -0.1) is 0 Å². The second-order valence-corrected chi connectivity index (χ2v) is 6.00. The maximum atomic E-state index is 12.8. The molecule has 0 aliphatic carbocycles. The van der Waals surface area contributed by atoms with Crippen LogP contribution in [0.4, 0.5) is 4.79 Å². The molecule has 1 aromatic carbocycles. The molecular formula is C18H16N4O4. The van der Waals surface area contributed by atoms with E-state index in [9.17, 15) is 14.4 Å². The zero-order valence-corrected chi connectivity index (χ0v) is 14.0. The number of nitrogens with one attached hydrogen (secondary N) is 2. The predicted octanol–water partition coefficient (Wildman–Crippen LogP) is 1.23. The van der Waals surface area contributed by atoms with Crippen LogP contribution in [0.5, 0.6) is 0 Å². The Labute approximate surface area is 149 Å². The first-order valence-electron chi connectivity index (χ1n) is 7.88. The van der Waals surface area contributed by atoms with E-state index in [4.69, 9.17) is 9.68 Å². The zero-order valence-electron chi connectivity index (χ0n) is 14.0. The van der Waals surface area contributed by atoms with Crippen molar-refractivity contribution < 1.29 is 18.8 Å². The molecule has 0 bridgehead atoms. The number of carbonyl (C=O) groups is 3. The summed E-state index contributed by atoms with van der Waals surface area (Å²) in [5.41, 5.74) is -0.473. The first kappa shape index (κ1) is 17.2. The van der Waals surface area contributed by atoms with Gasteiger partial charge in [0.25, 0.3) is 5.91 Å². The van der Waals surface area contributed by atoms with E-state index in [1.54, 1.807) is 43.3 Å². The largest absolute Gasteiger partial charge is 0.467 e. The fourth-order valence-corrected chi connectivity index (χ4v) is 2.73. The number of amides is 4. The molecule has 1 aliphatic rings. The molecule has 1 aliphatic heterocycles. The Hall–Kier alpha value is -3.60. The van der Waals surface area contributed by atoms with Crippen LogP contribution in [0.1, 0.15) is 23.8 Å². The summed E-state index contributed by atoms with van der Waals surface area (Å²) in [6.45, 7) is 1.31. The summed E-state index contributed by atoms with van der Waals surface area (Å²) in [6, 6.07) is 11.2. The lowest BCUT2D eigenvalue weighted by Crippen LogP contribution is -2.43. The van der Waals surface area contributed by atoms with Crippen molar-refractivity contribution in [2.75, 3.05) is 6.54 Å². The number of benzene rings is 1. The average molecular weight is 352 g/mol. The monoisotopic (exact) mass is 352 g/mol. The molecular weight excluding hydrogens is 336 g/mol. The fourth-order valence-electron chi connectivity index (χ4n) is 2.73. The maximum Gasteiger partial charge on any atom is 0.325 e. The maximum absolute atomic E-state index is 12.8. The predicted molar refractivity (Wildman–Crippen MR) is 89.3 cm³/mol.